The number of aliphatic hydroxyl groups excluding tert-OH is 2. The van der Waals surface area contributed by atoms with Crippen LogP contribution in [0.2, 0.25) is 0 Å². The van der Waals surface area contributed by atoms with Crippen LogP contribution < -0.4 is 0 Å². The number of aliphatic hydroxyl groups is 2. The predicted octanol–water partition coefficient (Wildman–Crippen LogP) is 1.18. The number of ether oxygens (including phenoxy) is 4. The van der Waals surface area contributed by atoms with E-state index in [9.17, 15) is 10.2 Å². The third-order valence-corrected chi connectivity index (χ3v) is 4.17. The van der Waals surface area contributed by atoms with Gasteiger partial charge in [0.2, 0.25) is 0 Å². The van der Waals surface area contributed by atoms with Gasteiger partial charge in [-0.3, -0.25) is 0 Å². The molecule has 0 aromatic carbocycles. The fourth-order valence-electron chi connectivity index (χ4n) is 2.89. The molecule has 6 atom stereocenters. The zero-order valence-corrected chi connectivity index (χ0v) is 12.9. The molecule has 6 heteroatoms. The molecule has 2 saturated heterocycles. The Labute approximate surface area is 126 Å². The van der Waals surface area contributed by atoms with Crippen LogP contribution in [0.1, 0.15) is 45.4 Å². The Morgan fingerprint density at radius 2 is 1.81 bits per heavy atom. The Balaban J connectivity index is 1.77. The van der Waals surface area contributed by atoms with Gasteiger partial charge in [-0.1, -0.05) is 32.6 Å². The highest BCUT2D eigenvalue weighted by molar-refractivity contribution is 4.92. The van der Waals surface area contributed by atoms with Gasteiger partial charge in [-0.05, 0) is 12.8 Å². The molecule has 0 spiro atoms. The molecule has 6 nitrogen and oxygen atoms in total. The largest absolute Gasteiger partial charge is 0.387 e. The zero-order chi connectivity index (χ0) is 15.2. The number of methoxy groups -OCH3 is 1. The van der Waals surface area contributed by atoms with Crippen LogP contribution in [0.5, 0.6) is 0 Å². The van der Waals surface area contributed by atoms with Gasteiger partial charge in [-0.25, -0.2) is 0 Å². The van der Waals surface area contributed by atoms with Crippen molar-refractivity contribution in [2.24, 2.45) is 0 Å². The number of hydrogen-bond donors (Lipinski definition) is 2. The van der Waals surface area contributed by atoms with E-state index >= 15 is 0 Å². The van der Waals surface area contributed by atoms with Crippen molar-refractivity contribution in [2.75, 3.05) is 13.7 Å². The monoisotopic (exact) mass is 304 g/mol. The zero-order valence-electron chi connectivity index (χ0n) is 12.9. The summed E-state index contributed by atoms with van der Waals surface area (Å²) < 4.78 is 21.9. The molecule has 0 bridgehead atoms. The Bertz CT molecular complexity index is 296. The molecular formula is C15H28O6. The Morgan fingerprint density at radius 3 is 2.52 bits per heavy atom. The number of hydrogen-bond acceptors (Lipinski definition) is 6. The summed E-state index contributed by atoms with van der Waals surface area (Å²) in [5.74, 6) is 0. The lowest BCUT2D eigenvalue weighted by Gasteiger charge is -2.45. The molecule has 0 saturated carbocycles. The molecule has 1 unspecified atom stereocenters. The molecule has 0 amide bonds. The minimum absolute atomic E-state index is 0.322. The van der Waals surface area contributed by atoms with Crippen molar-refractivity contribution in [1.29, 1.82) is 0 Å². The summed E-state index contributed by atoms with van der Waals surface area (Å²) in [6, 6.07) is 0. The van der Waals surface area contributed by atoms with Crippen LogP contribution in [0.15, 0.2) is 0 Å². The molecule has 2 aliphatic rings. The first-order chi connectivity index (χ1) is 10.2. The van der Waals surface area contributed by atoms with Gasteiger partial charge in [0.15, 0.2) is 12.6 Å². The highest BCUT2D eigenvalue weighted by Crippen LogP contribution is 2.29. The summed E-state index contributed by atoms with van der Waals surface area (Å²) in [6.45, 7) is 2.55. The fraction of sp³-hybridized carbons (Fsp3) is 1.00. The fourth-order valence-corrected chi connectivity index (χ4v) is 2.89. The Hall–Kier alpha value is -0.240. The van der Waals surface area contributed by atoms with E-state index in [1.54, 1.807) is 0 Å². The summed E-state index contributed by atoms with van der Waals surface area (Å²) in [6.07, 6.45) is 2.51. The molecule has 2 aliphatic heterocycles. The molecular weight excluding hydrogens is 276 g/mol. The second-order valence-electron chi connectivity index (χ2n) is 5.83. The third kappa shape index (κ3) is 4.37. The van der Waals surface area contributed by atoms with Crippen LogP contribution in [-0.4, -0.2) is 60.9 Å². The van der Waals surface area contributed by atoms with Gasteiger partial charge in [-0.15, -0.1) is 0 Å². The smallest absolute Gasteiger partial charge is 0.186 e. The highest BCUT2D eigenvalue weighted by atomic mass is 16.7. The molecule has 0 aromatic heterocycles. The average Bonchev–Trinajstić information content (AvgIpc) is 2.51. The second-order valence-corrected chi connectivity index (χ2v) is 5.83. The molecule has 21 heavy (non-hydrogen) atoms. The van der Waals surface area contributed by atoms with Crippen LogP contribution in [0.4, 0.5) is 0 Å². The number of unbranched alkanes of at least 4 members (excludes halogenated alkanes) is 4. The summed E-state index contributed by atoms with van der Waals surface area (Å²) in [5, 5.41) is 20.1. The van der Waals surface area contributed by atoms with Crippen molar-refractivity contribution in [3.63, 3.8) is 0 Å². The standard InChI is InChI=1S/C15H28O6/c1-3-4-5-6-7-8-11-19-9-10-14(21-11)12(16)13(17)15(18-2)20-10/h10-17H,3-9H2,1-2H3/t10-,11?,12-,13-,14-,15-/m1/s1. The molecule has 2 rings (SSSR count). The molecule has 2 fully saturated rings. The molecule has 2 heterocycles. The molecule has 124 valence electrons. The predicted molar refractivity (Wildman–Crippen MR) is 75.7 cm³/mol. The maximum absolute atomic E-state index is 10.1. The summed E-state index contributed by atoms with van der Waals surface area (Å²) in [4.78, 5) is 0. The van der Waals surface area contributed by atoms with E-state index in [2.05, 4.69) is 6.92 Å². The van der Waals surface area contributed by atoms with Crippen LogP contribution in [0.3, 0.4) is 0 Å². The highest BCUT2D eigenvalue weighted by Gasteiger charge is 2.48. The first kappa shape index (κ1) is 17.1. The van der Waals surface area contributed by atoms with Crippen molar-refractivity contribution in [3.8, 4) is 0 Å². The van der Waals surface area contributed by atoms with Crippen LogP contribution in [-0.2, 0) is 18.9 Å². The number of rotatable bonds is 7. The van der Waals surface area contributed by atoms with Gasteiger partial charge in [0.25, 0.3) is 0 Å². The topological polar surface area (TPSA) is 77.4 Å². The lowest BCUT2D eigenvalue weighted by Crippen LogP contribution is -2.63. The van der Waals surface area contributed by atoms with Gasteiger partial charge in [0, 0.05) is 7.11 Å². The van der Waals surface area contributed by atoms with Crippen molar-refractivity contribution in [1.82, 2.24) is 0 Å². The number of fused-ring (bicyclic) bond motifs is 1. The van der Waals surface area contributed by atoms with Gasteiger partial charge < -0.3 is 29.2 Å². The molecule has 2 N–H and O–H groups in total. The lowest BCUT2D eigenvalue weighted by atomic mass is 9.98. The first-order valence-electron chi connectivity index (χ1n) is 7.98. The lowest BCUT2D eigenvalue weighted by molar-refractivity contribution is -0.356. The molecule has 0 aliphatic carbocycles. The second kappa shape index (κ2) is 8.41. The summed E-state index contributed by atoms with van der Waals surface area (Å²) >= 11 is 0. The molecule has 0 radical (unpaired) electrons. The van der Waals surface area contributed by atoms with Crippen molar-refractivity contribution >= 4 is 0 Å². The minimum atomic E-state index is -1.10. The minimum Gasteiger partial charge on any atom is -0.387 e. The van der Waals surface area contributed by atoms with E-state index in [1.165, 1.54) is 32.8 Å². The van der Waals surface area contributed by atoms with E-state index in [1.807, 2.05) is 0 Å². The van der Waals surface area contributed by atoms with E-state index in [4.69, 9.17) is 18.9 Å². The Kier molecular flexibility index (Phi) is 6.85. The van der Waals surface area contributed by atoms with Crippen LogP contribution in [0.25, 0.3) is 0 Å². The molecule has 0 aromatic rings. The van der Waals surface area contributed by atoms with E-state index in [-0.39, 0.29) is 6.29 Å². The van der Waals surface area contributed by atoms with Gasteiger partial charge in [0.05, 0.1) is 6.61 Å². The van der Waals surface area contributed by atoms with Crippen molar-refractivity contribution in [3.05, 3.63) is 0 Å². The maximum atomic E-state index is 10.1. The van der Waals surface area contributed by atoms with Crippen molar-refractivity contribution in [2.45, 2.75) is 82.4 Å². The normalized spacial score (nSPS) is 40.0. The van der Waals surface area contributed by atoms with Gasteiger partial charge >= 0.3 is 0 Å². The van der Waals surface area contributed by atoms with E-state index in [0.717, 1.165) is 12.8 Å². The van der Waals surface area contributed by atoms with Crippen molar-refractivity contribution < 1.29 is 29.2 Å². The van der Waals surface area contributed by atoms with Gasteiger partial charge in [-0.2, -0.15) is 0 Å². The Morgan fingerprint density at radius 1 is 1.05 bits per heavy atom. The quantitative estimate of drug-likeness (QED) is 0.688. The maximum Gasteiger partial charge on any atom is 0.186 e. The third-order valence-electron chi connectivity index (χ3n) is 4.17. The SMILES string of the molecule is CCCCCCCC1OC[C@H]2O[C@@H](OC)[C@H](O)[C@@H](O)[C@@H]2O1. The van der Waals surface area contributed by atoms with Gasteiger partial charge in [0.1, 0.15) is 24.4 Å². The van der Waals surface area contributed by atoms with Crippen LogP contribution in [0, 0.1) is 0 Å². The first-order valence-corrected chi connectivity index (χ1v) is 7.98. The van der Waals surface area contributed by atoms with E-state index < -0.39 is 30.7 Å². The summed E-state index contributed by atoms with van der Waals surface area (Å²) in [5.41, 5.74) is 0. The summed E-state index contributed by atoms with van der Waals surface area (Å²) in [7, 11) is 1.44. The average molecular weight is 304 g/mol. The van der Waals surface area contributed by atoms with E-state index in [0.29, 0.717) is 6.61 Å². The van der Waals surface area contributed by atoms with Crippen LogP contribution >= 0.6 is 0 Å².